The quantitative estimate of drug-likeness (QED) is 0.0631. The van der Waals surface area contributed by atoms with E-state index in [0.29, 0.717) is 34.9 Å². The van der Waals surface area contributed by atoms with Gasteiger partial charge in [-0.2, -0.15) is 0 Å². The van der Waals surface area contributed by atoms with Gasteiger partial charge in [0.25, 0.3) is 0 Å². The first kappa shape index (κ1) is 62.8. The summed E-state index contributed by atoms with van der Waals surface area (Å²) in [6.45, 7) is 11.4. The molecule has 0 fully saturated rings. The number of para-hydroxylation sites is 3. The number of fused-ring (bicyclic) bond motifs is 9. The van der Waals surface area contributed by atoms with Crippen LogP contribution in [0.4, 0.5) is 0 Å². The van der Waals surface area contributed by atoms with Crippen LogP contribution in [0.1, 0.15) is 34.3 Å². The number of thiazole rings is 3. The third-order valence-electron chi connectivity index (χ3n) is 19.3. The summed E-state index contributed by atoms with van der Waals surface area (Å²) in [7, 11) is 0. The monoisotopic (exact) mass is 1510 g/mol. The zero-order chi connectivity index (χ0) is 69.0. The number of alkyl halides is 2. The number of hydrogen-bond donors (Lipinski definition) is 0. The first-order chi connectivity index (χ1) is 50.5. The average molecular weight is 1510 g/mol. The van der Waals surface area contributed by atoms with E-state index in [1.165, 1.54) is 39.1 Å². The van der Waals surface area contributed by atoms with E-state index in [1.807, 2.05) is 48.5 Å². The second kappa shape index (κ2) is 25.7. The Labute approximate surface area is 617 Å². The number of thiophene rings is 1. The fraction of sp³-hybridized carbons (Fsp3) is 0.0568. The maximum atomic E-state index is 5.38. The molecule has 103 heavy (non-hydrogen) atoms. The standard InChI is InChI=1S/C88H59IN10S4/c1-50(45-75-52(3)90-87(103-75)59-41-43-63-68(47-59)89(5)49-61-26-19-29-66(78(61)63)84-95-80(54-21-8-6-9-22-54)93-82(97-84)56-37-39-57(40-38-56)86-91-69-31-13-16-34-72(69)101-86)51(2)77-53(4)99(71-33-15-12-28-64(71)77)62-27-18-25-58(46-62)83-94-81(55-23-10-7-11-24-55)96-85(98-83)67-30-20-36-74-79(67)65-44-42-60(48-76(65)100-74)88-92-70-32-14-17-35-73(70)102-88/h6-48H,2,49H2,1,3-5H3/b50-45+. The molecule has 0 atom stereocenters. The summed E-state index contributed by atoms with van der Waals surface area (Å²) in [5.41, 5.74) is 22.0. The molecule has 11 aromatic carbocycles. The van der Waals surface area contributed by atoms with Crippen LogP contribution in [0.5, 0.6) is 0 Å². The molecule has 19 rings (SSSR count). The second-order valence-electron chi connectivity index (χ2n) is 25.8. The number of benzene rings is 11. The Morgan fingerprint density at radius 1 is 0.417 bits per heavy atom. The van der Waals surface area contributed by atoms with Crippen molar-refractivity contribution < 1.29 is 0 Å². The van der Waals surface area contributed by atoms with Crippen LogP contribution in [-0.4, -0.2) is 54.4 Å². The SMILES string of the molecule is C=C(/C(C)=C/c1sc(-c2ccc3c(c2)I(C)Cc2cccc(-c4nc(-c5ccccc5)nc(-c5ccc(-c6nc7ccccc7s6)cc5)n4)c2-3)nc1C)c1c(C)n(-c2cccc(-c3nc(-c4ccccc4)nc(-c4cccc5sc6cc(-c7nc8ccccc8s7)ccc6c45)n3)c2)c2ccccc12. The summed E-state index contributed by atoms with van der Waals surface area (Å²) >= 11 is 5.26. The number of aromatic nitrogens is 10. The molecule has 1 aliphatic rings. The average Bonchev–Trinajstić information content (AvgIpc) is 1.75. The van der Waals surface area contributed by atoms with Crippen LogP contribution in [-0.2, 0) is 4.43 Å². The molecule has 0 saturated heterocycles. The first-order valence-electron chi connectivity index (χ1n) is 33.9. The van der Waals surface area contributed by atoms with Gasteiger partial charge in [0.2, 0.25) is 0 Å². The first-order valence-corrected chi connectivity index (χ1v) is 41.9. The van der Waals surface area contributed by atoms with Crippen molar-refractivity contribution in [1.82, 2.24) is 49.4 Å². The maximum absolute atomic E-state index is 5.38. The van der Waals surface area contributed by atoms with Gasteiger partial charge in [-0.3, -0.25) is 0 Å². The number of aryl methyl sites for hydroxylation is 1. The van der Waals surface area contributed by atoms with Crippen LogP contribution < -0.4 is 0 Å². The van der Waals surface area contributed by atoms with Gasteiger partial charge in [-0.15, -0.1) is 34.0 Å². The predicted octanol–water partition coefficient (Wildman–Crippen LogP) is 24.3. The Morgan fingerprint density at radius 2 is 0.951 bits per heavy atom. The zero-order valence-electron chi connectivity index (χ0n) is 56.2. The van der Waals surface area contributed by atoms with E-state index in [-0.39, 0.29) is 0 Å². The molecule has 18 aromatic rings. The summed E-state index contributed by atoms with van der Waals surface area (Å²) in [5, 5.41) is 6.41. The number of halogens is 1. The molecule has 10 nitrogen and oxygen atoms in total. The number of allylic oxidation sites excluding steroid dienone is 2. The Hall–Kier alpha value is -11.2. The molecule has 0 bridgehead atoms. The van der Waals surface area contributed by atoms with E-state index < -0.39 is 19.8 Å². The summed E-state index contributed by atoms with van der Waals surface area (Å²) in [4.78, 5) is 50.4. The Morgan fingerprint density at radius 3 is 1.66 bits per heavy atom. The van der Waals surface area contributed by atoms with E-state index in [4.69, 9.17) is 51.4 Å². The Balaban J connectivity index is 0.630. The summed E-state index contributed by atoms with van der Waals surface area (Å²) in [6, 6.07) is 89.6. The summed E-state index contributed by atoms with van der Waals surface area (Å²) < 4.78 is 9.52. The Kier molecular flexibility index (Phi) is 15.7. The zero-order valence-corrected chi connectivity index (χ0v) is 61.6. The molecule has 7 aromatic heterocycles. The van der Waals surface area contributed by atoms with Gasteiger partial charge in [-0.05, 0) is 54.6 Å². The van der Waals surface area contributed by atoms with Gasteiger partial charge >= 0.3 is 315 Å². The van der Waals surface area contributed by atoms with Crippen molar-refractivity contribution in [3.8, 4) is 117 Å². The van der Waals surface area contributed by atoms with E-state index in [2.05, 4.69) is 243 Å². The molecular formula is C88H59IN10S4. The fourth-order valence-corrected chi connectivity index (χ4v) is 23.0. The van der Waals surface area contributed by atoms with Gasteiger partial charge in [-0.25, -0.2) is 24.9 Å². The van der Waals surface area contributed by atoms with Crippen LogP contribution in [0, 0.1) is 17.4 Å². The van der Waals surface area contributed by atoms with Crippen molar-refractivity contribution in [1.29, 1.82) is 0 Å². The van der Waals surface area contributed by atoms with E-state index in [9.17, 15) is 0 Å². The van der Waals surface area contributed by atoms with Crippen LogP contribution in [0.3, 0.4) is 0 Å². The molecular weight excluding hydrogens is 1450 g/mol. The van der Waals surface area contributed by atoms with E-state index >= 15 is 0 Å². The molecule has 0 unspecified atom stereocenters. The van der Waals surface area contributed by atoms with Crippen molar-refractivity contribution in [3.05, 3.63) is 298 Å². The van der Waals surface area contributed by atoms with Crippen molar-refractivity contribution in [2.75, 3.05) is 4.93 Å². The van der Waals surface area contributed by atoms with Crippen molar-refractivity contribution in [2.45, 2.75) is 25.2 Å². The molecule has 492 valence electrons. The van der Waals surface area contributed by atoms with Crippen molar-refractivity contribution >= 4 is 128 Å². The Bertz CT molecular complexity index is 6440. The van der Waals surface area contributed by atoms with E-state index in [1.54, 1.807) is 45.3 Å². The molecule has 8 heterocycles. The molecule has 0 saturated carbocycles. The summed E-state index contributed by atoms with van der Waals surface area (Å²) in [5.74, 6) is 3.73. The molecule has 0 N–H and O–H groups in total. The van der Waals surface area contributed by atoms with Crippen LogP contribution in [0.15, 0.2) is 267 Å². The van der Waals surface area contributed by atoms with Gasteiger partial charge < -0.3 is 0 Å². The third kappa shape index (κ3) is 11.3. The molecule has 0 spiro atoms. The van der Waals surface area contributed by atoms with Gasteiger partial charge in [0, 0.05) is 48.1 Å². The molecule has 0 aliphatic carbocycles. The van der Waals surface area contributed by atoms with Crippen molar-refractivity contribution in [2.24, 2.45) is 0 Å². The minimum atomic E-state index is -1.69. The van der Waals surface area contributed by atoms with Gasteiger partial charge in [0.1, 0.15) is 5.01 Å². The second-order valence-corrected chi connectivity index (χ2v) is 35.3. The molecule has 0 amide bonds. The summed E-state index contributed by atoms with van der Waals surface area (Å²) in [6.07, 6.45) is 2.28. The fourth-order valence-electron chi connectivity index (χ4n) is 14.2. The molecule has 0 radical (unpaired) electrons. The molecule has 15 heteroatoms. The van der Waals surface area contributed by atoms with Crippen LogP contribution in [0.2, 0.25) is 0 Å². The van der Waals surface area contributed by atoms with Crippen LogP contribution >= 0.6 is 65.2 Å². The van der Waals surface area contributed by atoms with Crippen LogP contribution in [0.25, 0.3) is 180 Å². The van der Waals surface area contributed by atoms with Crippen molar-refractivity contribution in [3.63, 3.8) is 0 Å². The molecule has 1 aliphatic heterocycles. The number of hydrogen-bond acceptors (Lipinski definition) is 13. The minimum absolute atomic E-state index is 0.590. The van der Waals surface area contributed by atoms with Gasteiger partial charge in [0.05, 0.1) is 20.4 Å². The predicted molar refractivity (Wildman–Crippen MR) is 440 cm³/mol. The van der Waals surface area contributed by atoms with Gasteiger partial charge in [0.15, 0.2) is 17.5 Å². The number of nitrogens with zero attached hydrogens (tertiary/aromatic N) is 10. The van der Waals surface area contributed by atoms with E-state index in [0.717, 1.165) is 141 Å². The number of rotatable bonds is 13. The van der Waals surface area contributed by atoms with Gasteiger partial charge in [-0.1, -0.05) is 103 Å². The normalized spacial score (nSPS) is 12.7. The topological polar surface area (TPSA) is 121 Å². The third-order valence-corrected chi connectivity index (χ3v) is 28.6.